The van der Waals surface area contributed by atoms with Crippen molar-refractivity contribution in [2.24, 2.45) is 0 Å². The first-order valence-corrected chi connectivity index (χ1v) is 9.58. The van der Waals surface area contributed by atoms with Crippen molar-refractivity contribution in [2.75, 3.05) is 4.90 Å². The van der Waals surface area contributed by atoms with E-state index in [1.165, 1.54) is 17.2 Å². The van der Waals surface area contributed by atoms with Crippen LogP contribution < -0.4 is 15.8 Å². The highest BCUT2D eigenvalue weighted by Crippen LogP contribution is 2.46. The third-order valence-corrected chi connectivity index (χ3v) is 4.99. The van der Waals surface area contributed by atoms with Crippen LogP contribution in [0.3, 0.4) is 0 Å². The Morgan fingerprint density at radius 2 is 1.78 bits per heavy atom. The molecule has 6 nitrogen and oxygen atoms in total. The molecule has 0 aliphatic carbocycles. The van der Waals surface area contributed by atoms with Gasteiger partial charge < -0.3 is 4.42 Å². The number of halogens is 3. The lowest BCUT2D eigenvalue weighted by molar-refractivity contribution is -0.137. The van der Waals surface area contributed by atoms with Crippen LogP contribution in [0.4, 0.5) is 24.5 Å². The number of nitrogens with zero attached hydrogens (tertiary/aromatic N) is 1. The zero-order valence-corrected chi connectivity index (χ0v) is 17.1. The molecule has 0 bridgehead atoms. The molecule has 2 aromatic carbocycles. The summed E-state index contributed by atoms with van der Waals surface area (Å²) in [4.78, 5) is 25.8. The summed E-state index contributed by atoms with van der Waals surface area (Å²) in [5, 5.41) is 0. The van der Waals surface area contributed by atoms with Crippen molar-refractivity contribution in [1.29, 1.82) is 0 Å². The van der Waals surface area contributed by atoms with Crippen LogP contribution in [0.15, 0.2) is 59.2 Å². The second kappa shape index (κ2) is 7.92. The van der Waals surface area contributed by atoms with Crippen LogP contribution in [0.25, 0.3) is 11.3 Å². The van der Waals surface area contributed by atoms with Crippen molar-refractivity contribution in [1.82, 2.24) is 10.9 Å². The van der Waals surface area contributed by atoms with Gasteiger partial charge in [-0.05, 0) is 61.4 Å². The molecular formula is C23H18F3N3O3. The summed E-state index contributed by atoms with van der Waals surface area (Å²) < 4.78 is 45.8. The number of carbonyl (C=O) groups excluding carboxylic acids is 2. The minimum absolute atomic E-state index is 0.0668. The van der Waals surface area contributed by atoms with Crippen LogP contribution in [-0.2, 0) is 15.8 Å². The summed E-state index contributed by atoms with van der Waals surface area (Å²) in [7, 11) is 0. The fraction of sp³-hybridized carbons (Fsp3) is 0.130. The van der Waals surface area contributed by atoms with Gasteiger partial charge in [0, 0.05) is 11.3 Å². The van der Waals surface area contributed by atoms with Gasteiger partial charge in [-0.15, -0.1) is 0 Å². The van der Waals surface area contributed by atoms with Gasteiger partial charge in [-0.2, -0.15) is 13.2 Å². The molecule has 2 heterocycles. The van der Waals surface area contributed by atoms with Gasteiger partial charge in [-0.1, -0.05) is 12.1 Å². The summed E-state index contributed by atoms with van der Waals surface area (Å²) >= 11 is 0. The maximum absolute atomic E-state index is 13.6. The molecular weight excluding hydrogens is 423 g/mol. The molecule has 1 aliphatic rings. The Hall–Kier alpha value is -4.01. The standard InChI is InChI=1S/C23H18F3N3O3/c1-13-8-14(2)10-16(9-13)29-18-11-15(23(24,25)26)5-6-17(18)20(22(29)31)21(28-27-12-30)19-4-3-7-32-19/h3-12,28H,1-2H3,(H,27,30)/b21-20-. The molecule has 0 saturated heterocycles. The van der Waals surface area contributed by atoms with Crippen LogP contribution in [0.2, 0.25) is 0 Å². The lowest BCUT2D eigenvalue weighted by atomic mass is 10.0. The number of furan rings is 1. The molecule has 0 spiro atoms. The topological polar surface area (TPSA) is 74.6 Å². The molecule has 1 aliphatic heterocycles. The van der Waals surface area contributed by atoms with Crippen molar-refractivity contribution in [3.05, 3.63) is 82.8 Å². The zero-order chi connectivity index (χ0) is 23.0. The molecule has 3 aromatic rings. The number of aryl methyl sites for hydroxylation is 2. The fourth-order valence-electron chi connectivity index (χ4n) is 3.79. The van der Waals surface area contributed by atoms with Gasteiger partial charge in [0.05, 0.1) is 23.1 Å². The molecule has 0 atom stereocenters. The first-order chi connectivity index (χ1) is 15.2. The minimum Gasteiger partial charge on any atom is -0.463 e. The van der Waals surface area contributed by atoms with Crippen molar-refractivity contribution < 1.29 is 27.2 Å². The van der Waals surface area contributed by atoms with E-state index in [-0.39, 0.29) is 28.3 Å². The predicted molar refractivity (Wildman–Crippen MR) is 112 cm³/mol. The smallest absolute Gasteiger partial charge is 0.416 e. The van der Waals surface area contributed by atoms with Crippen molar-refractivity contribution in [2.45, 2.75) is 20.0 Å². The van der Waals surface area contributed by atoms with Crippen molar-refractivity contribution >= 4 is 35.0 Å². The predicted octanol–water partition coefficient (Wildman–Crippen LogP) is 4.71. The van der Waals surface area contributed by atoms with Crippen LogP contribution in [0, 0.1) is 13.8 Å². The molecule has 164 valence electrons. The first-order valence-electron chi connectivity index (χ1n) is 9.58. The Morgan fingerprint density at radius 1 is 1.06 bits per heavy atom. The van der Waals surface area contributed by atoms with E-state index >= 15 is 0 Å². The molecule has 4 rings (SSSR count). The monoisotopic (exact) mass is 441 g/mol. The highest BCUT2D eigenvalue weighted by molar-refractivity contribution is 6.39. The van der Waals surface area contributed by atoms with E-state index in [1.54, 1.807) is 24.3 Å². The van der Waals surface area contributed by atoms with Gasteiger partial charge in [0.1, 0.15) is 5.70 Å². The quantitative estimate of drug-likeness (QED) is 0.342. The number of fused-ring (bicyclic) bond motifs is 1. The van der Waals surface area contributed by atoms with E-state index in [1.807, 2.05) is 19.9 Å². The number of alkyl halides is 3. The van der Waals surface area contributed by atoms with Gasteiger partial charge in [-0.3, -0.25) is 25.3 Å². The maximum Gasteiger partial charge on any atom is 0.416 e. The Bertz CT molecular complexity index is 1210. The number of hydrogen-bond acceptors (Lipinski definition) is 4. The van der Waals surface area contributed by atoms with E-state index in [2.05, 4.69) is 10.9 Å². The molecule has 2 N–H and O–H groups in total. The minimum atomic E-state index is -4.58. The average Bonchev–Trinajstić information content (AvgIpc) is 3.33. The number of carbonyl (C=O) groups is 2. The Kier molecular flexibility index (Phi) is 5.25. The number of hydrazine groups is 1. The summed E-state index contributed by atoms with van der Waals surface area (Å²) in [6, 6.07) is 11.6. The fourth-order valence-corrected chi connectivity index (χ4v) is 3.79. The second-order valence-corrected chi connectivity index (χ2v) is 7.33. The number of anilines is 2. The Balaban J connectivity index is 2.01. The highest BCUT2D eigenvalue weighted by atomic mass is 19.4. The van der Waals surface area contributed by atoms with Crippen molar-refractivity contribution in [3.8, 4) is 0 Å². The normalized spacial score (nSPS) is 14.9. The molecule has 32 heavy (non-hydrogen) atoms. The van der Waals surface area contributed by atoms with Crippen LogP contribution in [0.1, 0.15) is 28.0 Å². The maximum atomic E-state index is 13.6. The number of hydrogen-bond donors (Lipinski definition) is 2. The average molecular weight is 441 g/mol. The van der Waals surface area contributed by atoms with Crippen LogP contribution >= 0.6 is 0 Å². The first kappa shape index (κ1) is 21.2. The summed E-state index contributed by atoms with van der Waals surface area (Å²) in [6.07, 6.45) is -2.83. The number of benzene rings is 2. The SMILES string of the molecule is Cc1cc(C)cc(N2C(=O)/C(=C(\NNC=O)c3ccco3)c3ccc(C(F)(F)F)cc32)c1. The Morgan fingerprint density at radius 3 is 2.38 bits per heavy atom. The third-order valence-electron chi connectivity index (χ3n) is 4.99. The van der Waals surface area contributed by atoms with Crippen molar-refractivity contribution in [3.63, 3.8) is 0 Å². The summed E-state index contributed by atoms with van der Waals surface area (Å²) in [5.74, 6) is -0.327. The molecule has 0 saturated carbocycles. The lowest BCUT2D eigenvalue weighted by Gasteiger charge is -2.20. The number of amides is 2. The summed E-state index contributed by atoms with van der Waals surface area (Å²) in [6.45, 7) is 3.68. The molecule has 2 amide bonds. The van der Waals surface area contributed by atoms with E-state index < -0.39 is 17.6 Å². The number of nitrogens with one attached hydrogen (secondary N) is 2. The molecule has 9 heteroatoms. The Labute approximate surface area is 181 Å². The third kappa shape index (κ3) is 3.73. The summed E-state index contributed by atoms with van der Waals surface area (Å²) in [5.41, 5.74) is 6.71. The zero-order valence-electron chi connectivity index (χ0n) is 17.1. The molecule has 0 unspecified atom stereocenters. The molecule has 1 aromatic heterocycles. The van der Waals surface area contributed by atoms with Gasteiger partial charge in [0.25, 0.3) is 5.91 Å². The van der Waals surface area contributed by atoms with E-state index in [4.69, 9.17) is 4.42 Å². The molecule has 0 radical (unpaired) electrons. The van der Waals surface area contributed by atoms with Gasteiger partial charge in [-0.25, -0.2) is 0 Å². The van der Waals surface area contributed by atoms with Gasteiger partial charge >= 0.3 is 6.18 Å². The number of rotatable bonds is 5. The lowest BCUT2D eigenvalue weighted by Crippen LogP contribution is -2.31. The largest absolute Gasteiger partial charge is 0.463 e. The highest BCUT2D eigenvalue weighted by Gasteiger charge is 2.40. The van der Waals surface area contributed by atoms with E-state index in [0.29, 0.717) is 12.1 Å². The van der Waals surface area contributed by atoms with Crippen LogP contribution in [-0.4, -0.2) is 12.3 Å². The van der Waals surface area contributed by atoms with E-state index in [0.717, 1.165) is 23.3 Å². The van der Waals surface area contributed by atoms with E-state index in [9.17, 15) is 22.8 Å². The second-order valence-electron chi connectivity index (χ2n) is 7.33. The van der Waals surface area contributed by atoms with Gasteiger partial charge in [0.15, 0.2) is 5.76 Å². The van der Waals surface area contributed by atoms with Gasteiger partial charge in [0.2, 0.25) is 6.41 Å². The molecule has 0 fully saturated rings. The van der Waals surface area contributed by atoms with Crippen LogP contribution in [0.5, 0.6) is 0 Å².